The Hall–Kier alpha value is -4.28. The van der Waals surface area contributed by atoms with E-state index in [9.17, 15) is 29.8 Å². The molecule has 28 heavy (non-hydrogen) atoms. The summed E-state index contributed by atoms with van der Waals surface area (Å²) in [6, 6.07) is 11.0. The minimum Gasteiger partial charge on any atom is -0.464 e. The Kier molecular flexibility index (Phi) is 6.36. The van der Waals surface area contributed by atoms with Crippen LogP contribution in [0.4, 0.5) is 17.1 Å². The van der Waals surface area contributed by atoms with Gasteiger partial charge in [0.1, 0.15) is 11.4 Å². The van der Waals surface area contributed by atoms with Crippen LogP contribution in [0, 0.1) is 20.2 Å². The second kappa shape index (κ2) is 8.89. The second-order valence-electron chi connectivity index (χ2n) is 5.23. The van der Waals surface area contributed by atoms with E-state index in [1.54, 1.807) is 18.2 Å². The zero-order valence-corrected chi connectivity index (χ0v) is 14.4. The number of non-ortho nitro benzene ring substituents is 1. The van der Waals surface area contributed by atoms with E-state index in [4.69, 9.17) is 0 Å². The van der Waals surface area contributed by atoms with Gasteiger partial charge in [-0.1, -0.05) is 18.2 Å². The first kappa shape index (κ1) is 20.0. The van der Waals surface area contributed by atoms with Crippen LogP contribution in [-0.4, -0.2) is 28.8 Å². The molecule has 144 valence electrons. The molecule has 0 radical (unpaired) electrons. The lowest BCUT2D eigenvalue weighted by Gasteiger charge is -2.09. The van der Waals surface area contributed by atoms with Gasteiger partial charge in [0.15, 0.2) is 0 Å². The number of methoxy groups -OCH3 is 1. The number of nitro groups is 2. The molecule has 0 aliphatic carbocycles. The highest BCUT2D eigenvalue weighted by Gasteiger charge is 2.20. The molecule has 0 saturated heterocycles. The maximum atomic E-state index is 12.2. The summed E-state index contributed by atoms with van der Waals surface area (Å²) < 4.78 is 4.58. The third-order valence-electron chi connectivity index (χ3n) is 3.45. The quantitative estimate of drug-likeness (QED) is 0.318. The standard InChI is InChI=1S/C17H14N4O7/c1-28-17(23)14(19-16(22)11-5-3-2-4-6-11)10-18-13-8-7-12(20(24)25)9-15(13)21(26)27/h2-10,18H,1H3,(H,19,22)/b14-10-. The van der Waals surface area contributed by atoms with Crippen molar-refractivity contribution in [2.24, 2.45) is 0 Å². The van der Waals surface area contributed by atoms with Crippen LogP contribution in [0.3, 0.4) is 0 Å². The molecule has 0 aromatic heterocycles. The van der Waals surface area contributed by atoms with Crippen molar-refractivity contribution >= 4 is 28.9 Å². The van der Waals surface area contributed by atoms with Gasteiger partial charge in [-0.2, -0.15) is 0 Å². The minimum atomic E-state index is -0.902. The summed E-state index contributed by atoms with van der Waals surface area (Å²) in [6.07, 6.45) is 1.00. The van der Waals surface area contributed by atoms with Crippen molar-refractivity contribution in [3.63, 3.8) is 0 Å². The van der Waals surface area contributed by atoms with Crippen molar-refractivity contribution in [2.75, 3.05) is 12.4 Å². The number of esters is 1. The average Bonchev–Trinajstić information content (AvgIpc) is 2.70. The van der Waals surface area contributed by atoms with Crippen LogP contribution in [0.2, 0.25) is 0 Å². The van der Waals surface area contributed by atoms with Crippen molar-refractivity contribution in [2.45, 2.75) is 0 Å². The number of carbonyl (C=O) groups is 2. The fourth-order valence-corrected chi connectivity index (χ4v) is 2.10. The Balaban J connectivity index is 2.30. The number of hydrogen-bond acceptors (Lipinski definition) is 8. The first-order chi connectivity index (χ1) is 13.3. The summed E-state index contributed by atoms with van der Waals surface area (Å²) in [5.74, 6) is -1.50. The van der Waals surface area contributed by atoms with Gasteiger partial charge in [0.2, 0.25) is 0 Å². The van der Waals surface area contributed by atoms with Crippen LogP contribution < -0.4 is 10.6 Å². The summed E-state index contributed by atoms with van der Waals surface area (Å²) in [7, 11) is 1.10. The number of benzene rings is 2. The Morgan fingerprint density at radius 1 is 1.04 bits per heavy atom. The number of nitrogens with zero attached hydrogens (tertiary/aromatic N) is 2. The number of nitro benzene ring substituents is 2. The van der Waals surface area contributed by atoms with Crippen molar-refractivity contribution in [1.29, 1.82) is 0 Å². The summed E-state index contributed by atoms with van der Waals surface area (Å²) in [5, 5.41) is 26.8. The lowest BCUT2D eigenvalue weighted by atomic mass is 10.2. The predicted octanol–water partition coefficient (Wildman–Crippen LogP) is 2.36. The molecule has 0 bridgehead atoms. The van der Waals surface area contributed by atoms with Gasteiger partial charge in [0.05, 0.1) is 23.0 Å². The number of nitrogens with one attached hydrogen (secondary N) is 2. The van der Waals surface area contributed by atoms with Crippen molar-refractivity contribution in [1.82, 2.24) is 5.32 Å². The van der Waals surface area contributed by atoms with E-state index in [1.807, 2.05) is 0 Å². The highest BCUT2D eigenvalue weighted by molar-refractivity contribution is 6.01. The molecule has 2 aromatic carbocycles. The molecule has 1 amide bonds. The van der Waals surface area contributed by atoms with Gasteiger partial charge in [0.25, 0.3) is 17.3 Å². The Morgan fingerprint density at radius 2 is 1.71 bits per heavy atom. The number of anilines is 1. The smallest absolute Gasteiger partial charge is 0.356 e. The molecule has 0 aliphatic heterocycles. The van der Waals surface area contributed by atoms with Gasteiger partial charge in [-0.3, -0.25) is 25.0 Å². The monoisotopic (exact) mass is 386 g/mol. The topological polar surface area (TPSA) is 154 Å². The minimum absolute atomic E-state index is 0.119. The summed E-state index contributed by atoms with van der Waals surface area (Å²) in [4.78, 5) is 44.5. The van der Waals surface area contributed by atoms with Crippen molar-refractivity contribution < 1.29 is 24.2 Å². The van der Waals surface area contributed by atoms with Gasteiger partial charge in [-0.05, 0) is 18.2 Å². The number of rotatable bonds is 7. The molecule has 0 aliphatic rings. The third kappa shape index (κ3) is 4.88. The number of amides is 1. The van der Waals surface area contributed by atoms with Gasteiger partial charge >= 0.3 is 5.97 Å². The molecule has 0 spiro atoms. The molecule has 0 fully saturated rings. The Labute approximate surface area is 157 Å². The SMILES string of the molecule is COC(=O)/C(=C/Nc1ccc([N+](=O)[O-])cc1[N+](=O)[O-])NC(=O)c1ccccc1. The molecule has 11 nitrogen and oxygen atoms in total. The van der Waals surface area contributed by atoms with Crippen LogP contribution >= 0.6 is 0 Å². The fourth-order valence-electron chi connectivity index (χ4n) is 2.10. The van der Waals surface area contributed by atoms with E-state index < -0.39 is 33.1 Å². The van der Waals surface area contributed by atoms with Crippen LogP contribution in [0.15, 0.2) is 60.4 Å². The van der Waals surface area contributed by atoms with Crippen molar-refractivity contribution in [3.8, 4) is 0 Å². The van der Waals surface area contributed by atoms with Gasteiger partial charge in [-0.15, -0.1) is 0 Å². The number of hydrogen-bond donors (Lipinski definition) is 2. The molecule has 0 saturated carbocycles. The lowest BCUT2D eigenvalue weighted by Crippen LogP contribution is -2.28. The largest absolute Gasteiger partial charge is 0.464 e. The summed E-state index contributed by atoms with van der Waals surface area (Å²) in [5.41, 5.74) is -1.20. The van der Waals surface area contributed by atoms with E-state index in [0.29, 0.717) is 0 Å². The highest BCUT2D eigenvalue weighted by atomic mass is 16.6. The molecular weight excluding hydrogens is 372 g/mol. The van der Waals surface area contributed by atoms with E-state index in [2.05, 4.69) is 15.4 Å². The van der Waals surface area contributed by atoms with Gasteiger partial charge in [-0.25, -0.2) is 4.79 Å². The lowest BCUT2D eigenvalue weighted by molar-refractivity contribution is -0.393. The zero-order chi connectivity index (χ0) is 20.7. The summed E-state index contributed by atoms with van der Waals surface area (Å²) >= 11 is 0. The third-order valence-corrected chi connectivity index (χ3v) is 3.45. The second-order valence-corrected chi connectivity index (χ2v) is 5.23. The number of carbonyl (C=O) groups excluding carboxylic acids is 2. The first-order valence-electron chi connectivity index (χ1n) is 7.67. The Morgan fingerprint density at radius 3 is 2.29 bits per heavy atom. The number of ether oxygens (including phenoxy) is 1. The van der Waals surface area contributed by atoms with Gasteiger partial charge in [0, 0.05) is 17.8 Å². The molecule has 11 heteroatoms. The highest BCUT2D eigenvalue weighted by Crippen LogP contribution is 2.29. The van der Waals surface area contributed by atoms with E-state index in [1.165, 1.54) is 12.1 Å². The zero-order valence-electron chi connectivity index (χ0n) is 14.4. The molecule has 2 rings (SSSR count). The molecule has 2 N–H and O–H groups in total. The predicted molar refractivity (Wildman–Crippen MR) is 97.4 cm³/mol. The average molecular weight is 386 g/mol. The molecule has 0 heterocycles. The molecule has 0 atom stereocenters. The van der Waals surface area contributed by atoms with Crippen molar-refractivity contribution in [3.05, 3.63) is 86.2 Å². The first-order valence-corrected chi connectivity index (χ1v) is 7.67. The van der Waals surface area contributed by atoms with Crippen LogP contribution in [0.25, 0.3) is 0 Å². The van der Waals surface area contributed by atoms with Crippen LogP contribution in [0.5, 0.6) is 0 Å². The normalized spacial score (nSPS) is 10.7. The van der Waals surface area contributed by atoms with E-state index >= 15 is 0 Å². The maximum absolute atomic E-state index is 12.2. The van der Waals surface area contributed by atoms with Crippen LogP contribution in [0.1, 0.15) is 10.4 Å². The maximum Gasteiger partial charge on any atom is 0.356 e. The van der Waals surface area contributed by atoms with E-state index in [-0.39, 0.29) is 16.9 Å². The summed E-state index contributed by atoms with van der Waals surface area (Å²) in [6.45, 7) is 0. The van der Waals surface area contributed by atoms with E-state index in [0.717, 1.165) is 31.5 Å². The molecule has 0 unspecified atom stereocenters. The van der Waals surface area contributed by atoms with Crippen LogP contribution in [-0.2, 0) is 9.53 Å². The van der Waals surface area contributed by atoms with Gasteiger partial charge < -0.3 is 15.4 Å². The fraction of sp³-hybridized carbons (Fsp3) is 0.0588. The molecular formula is C17H14N4O7. The molecule has 2 aromatic rings. The Bertz CT molecular complexity index is 957.